The van der Waals surface area contributed by atoms with Crippen molar-refractivity contribution < 1.29 is 71.2 Å². The van der Waals surface area contributed by atoms with Crippen LogP contribution in [0.15, 0.2) is 36.4 Å². The lowest BCUT2D eigenvalue weighted by Crippen LogP contribution is -3.00. The number of nitrogens with zero attached hydrogens (tertiary/aromatic N) is 2. The lowest BCUT2D eigenvalue weighted by molar-refractivity contribution is -0.923. The summed E-state index contributed by atoms with van der Waals surface area (Å²) >= 11 is 0. The Morgan fingerprint density at radius 3 is 1.19 bits per heavy atom. The molecular formula is C29H44I2N2O3. The molecule has 0 bridgehead atoms. The van der Waals surface area contributed by atoms with Crippen LogP contribution in [0.3, 0.4) is 0 Å². The van der Waals surface area contributed by atoms with Gasteiger partial charge in [-0.3, -0.25) is 4.79 Å². The van der Waals surface area contributed by atoms with E-state index in [0.717, 1.165) is 95.1 Å². The van der Waals surface area contributed by atoms with E-state index in [1.807, 2.05) is 36.4 Å². The fourth-order valence-electron chi connectivity index (χ4n) is 5.22. The quantitative estimate of drug-likeness (QED) is 0.165. The number of rotatable bonds is 14. The minimum atomic E-state index is 0. The molecule has 36 heavy (non-hydrogen) atoms. The predicted molar refractivity (Wildman–Crippen MR) is 140 cm³/mol. The van der Waals surface area contributed by atoms with Gasteiger partial charge in [0.15, 0.2) is 5.78 Å². The standard InChI is InChI=1S/C29H44N2O3.2HI/c1-7-30(8-2,9-3)17-19-33-23-13-15-25-26-16-14-24(22-28(26)29(32)27(25)21-23)34-20-18-31(10-4,11-5)12-6;;/h13-16,21-22H,7-12,17-20H2,1-6H3;2*1H/q+2;;/p-2. The van der Waals surface area contributed by atoms with Crippen molar-refractivity contribution in [1.82, 2.24) is 0 Å². The first-order valence-electron chi connectivity index (χ1n) is 13.2. The molecule has 1 aliphatic carbocycles. The fraction of sp³-hybridized carbons (Fsp3) is 0.552. The lowest BCUT2D eigenvalue weighted by atomic mass is 10.1. The molecule has 202 valence electrons. The number of quaternary nitrogens is 2. The normalized spacial score (nSPS) is 12.3. The third-order valence-corrected chi connectivity index (χ3v) is 8.46. The molecule has 7 heteroatoms. The molecular weight excluding hydrogens is 678 g/mol. The topological polar surface area (TPSA) is 35.5 Å². The van der Waals surface area contributed by atoms with E-state index in [2.05, 4.69) is 41.5 Å². The molecule has 0 saturated heterocycles. The maximum atomic E-state index is 13.2. The number of benzene rings is 2. The molecule has 0 aromatic heterocycles. The van der Waals surface area contributed by atoms with Crippen molar-refractivity contribution in [2.75, 3.05) is 65.6 Å². The van der Waals surface area contributed by atoms with Crippen LogP contribution in [0, 0.1) is 0 Å². The molecule has 0 amide bonds. The zero-order chi connectivity index (χ0) is 24.8. The molecule has 0 saturated carbocycles. The Hall–Kier alpha value is -0.910. The summed E-state index contributed by atoms with van der Waals surface area (Å²) in [5.41, 5.74) is 3.42. The van der Waals surface area contributed by atoms with Crippen LogP contribution < -0.4 is 57.4 Å². The Bertz CT molecular complexity index is 894. The third kappa shape index (κ3) is 7.14. The van der Waals surface area contributed by atoms with E-state index < -0.39 is 0 Å². The van der Waals surface area contributed by atoms with Gasteiger partial charge in [0.05, 0.1) is 39.3 Å². The van der Waals surface area contributed by atoms with Crippen molar-refractivity contribution in [1.29, 1.82) is 0 Å². The van der Waals surface area contributed by atoms with Gasteiger partial charge >= 0.3 is 0 Å². The smallest absolute Gasteiger partial charge is 0.194 e. The Morgan fingerprint density at radius 2 is 0.889 bits per heavy atom. The maximum Gasteiger partial charge on any atom is 0.194 e. The molecule has 0 radical (unpaired) electrons. The number of fused-ring (bicyclic) bond motifs is 3. The summed E-state index contributed by atoms with van der Waals surface area (Å²) in [7, 11) is 0. The largest absolute Gasteiger partial charge is 1.00 e. The van der Waals surface area contributed by atoms with Gasteiger partial charge in [0, 0.05) is 11.1 Å². The Labute approximate surface area is 252 Å². The summed E-state index contributed by atoms with van der Waals surface area (Å²) in [4.78, 5) is 13.2. The summed E-state index contributed by atoms with van der Waals surface area (Å²) in [5.74, 6) is 1.60. The molecule has 0 aliphatic heterocycles. The highest BCUT2D eigenvalue weighted by molar-refractivity contribution is 6.22. The summed E-state index contributed by atoms with van der Waals surface area (Å²) in [6.45, 7) is 23.3. The number of hydrogen-bond acceptors (Lipinski definition) is 3. The highest BCUT2D eigenvalue weighted by atomic mass is 127. The number of likely N-dealkylation sites (N-methyl/N-ethyl adjacent to an activating group) is 2. The van der Waals surface area contributed by atoms with Gasteiger partial charge < -0.3 is 66.4 Å². The van der Waals surface area contributed by atoms with E-state index in [1.54, 1.807) is 0 Å². The average molecular weight is 722 g/mol. The molecule has 0 unspecified atom stereocenters. The average Bonchev–Trinajstić information content (AvgIpc) is 3.16. The molecule has 0 fully saturated rings. The summed E-state index contributed by atoms with van der Waals surface area (Å²) in [6, 6.07) is 11.8. The molecule has 2 aromatic rings. The summed E-state index contributed by atoms with van der Waals surface area (Å²) in [5, 5.41) is 0. The van der Waals surface area contributed by atoms with Crippen molar-refractivity contribution in [3.8, 4) is 22.6 Å². The first kappa shape index (κ1) is 33.1. The monoisotopic (exact) mass is 722 g/mol. The maximum absolute atomic E-state index is 13.2. The lowest BCUT2D eigenvalue weighted by Gasteiger charge is -2.35. The van der Waals surface area contributed by atoms with Crippen molar-refractivity contribution in [2.45, 2.75) is 41.5 Å². The van der Waals surface area contributed by atoms with Gasteiger partial charge in [-0.05, 0) is 89.1 Å². The first-order valence-corrected chi connectivity index (χ1v) is 13.2. The van der Waals surface area contributed by atoms with Crippen LogP contribution in [-0.4, -0.2) is 80.3 Å². The van der Waals surface area contributed by atoms with Crippen LogP contribution in [0.1, 0.15) is 57.5 Å². The number of carbonyl (C=O) groups excluding carboxylic acids is 1. The SMILES string of the molecule is CC[N+](CC)(CC)CCOc1ccc2c(c1)C(=O)c1cc(OCC[N+](CC)(CC)CC)ccc1-2.[I-].[I-]. The van der Waals surface area contributed by atoms with Gasteiger partial charge in [-0.25, -0.2) is 0 Å². The number of halogens is 2. The van der Waals surface area contributed by atoms with E-state index in [9.17, 15) is 4.79 Å². The molecule has 0 atom stereocenters. The number of carbonyl (C=O) groups is 1. The van der Waals surface area contributed by atoms with Crippen molar-refractivity contribution in [2.24, 2.45) is 0 Å². The van der Waals surface area contributed by atoms with Crippen LogP contribution in [0.4, 0.5) is 0 Å². The van der Waals surface area contributed by atoms with E-state index in [4.69, 9.17) is 9.47 Å². The summed E-state index contributed by atoms with van der Waals surface area (Å²) < 4.78 is 14.3. The zero-order valence-corrected chi connectivity index (χ0v) is 27.2. The Morgan fingerprint density at radius 1 is 0.556 bits per heavy atom. The molecule has 5 nitrogen and oxygen atoms in total. The fourth-order valence-corrected chi connectivity index (χ4v) is 5.22. The van der Waals surface area contributed by atoms with E-state index in [-0.39, 0.29) is 53.7 Å². The first-order chi connectivity index (χ1) is 16.4. The highest BCUT2D eigenvalue weighted by Crippen LogP contribution is 2.39. The molecule has 0 heterocycles. The third-order valence-electron chi connectivity index (χ3n) is 8.46. The Balaban J connectivity index is 0.00000324. The van der Waals surface area contributed by atoms with Crippen molar-refractivity contribution in [3.05, 3.63) is 47.5 Å². The second kappa shape index (κ2) is 14.9. The van der Waals surface area contributed by atoms with Crippen LogP contribution in [0.5, 0.6) is 11.5 Å². The molecule has 2 aromatic carbocycles. The van der Waals surface area contributed by atoms with Gasteiger partial charge in [-0.2, -0.15) is 0 Å². The molecule has 1 aliphatic rings. The number of hydrogen-bond donors (Lipinski definition) is 0. The number of ketones is 1. The zero-order valence-electron chi connectivity index (χ0n) is 22.9. The Kier molecular flexibility index (Phi) is 13.7. The summed E-state index contributed by atoms with van der Waals surface area (Å²) in [6.07, 6.45) is 0. The van der Waals surface area contributed by atoms with Crippen LogP contribution >= 0.6 is 0 Å². The number of ether oxygens (including phenoxy) is 2. The molecule has 0 spiro atoms. The van der Waals surface area contributed by atoms with Crippen LogP contribution in [0.25, 0.3) is 11.1 Å². The minimum Gasteiger partial charge on any atom is -1.00 e. The minimum absolute atomic E-state index is 0. The predicted octanol–water partition coefficient (Wildman–Crippen LogP) is -0.583. The van der Waals surface area contributed by atoms with Crippen LogP contribution in [0.2, 0.25) is 0 Å². The van der Waals surface area contributed by atoms with Crippen LogP contribution in [-0.2, 0) is 0 Å². The second-order valence-electron chi connectivity index (χ2n) is 9.47. The van der Waals surface area contributed by atoms with Gasteiger partial charge in [-0.1, -0.05) is 0 Å². The van der Waals surface area contributed by atoms with Gasteiger partial charge in [-0.15, -0.1) is 0 Å². The van der Waals surface area contributed by atoms with Gasteiger partial charge in [0.25, 0.3) is 0 Å². The van der Waals surface area contributed by atoms with E-state index in [1.165, 1.54) is 0 Å². The van der Waals surface area contributed by atoms with Crippen molar-refractivity contribution >= 4 is 5.78 Å². The van der Waals surface area contributed by atoms with E-state index in [0.29, 0.717) is 13.2 Å². The molecule has 0 N–H and O–H groups in total. The van der Waals surface area contributed by atoms with E-state index >= 15 is 0 Å². The van der Waals surface area contributed by atoms with Gasteiger partial charge in [0.2, 0.25) is 0 Å². The second-order valence-corrected chi connectivity index (χ2v) is 9.47. The van der Waals surface area contributed by atoms with Gasteiger partial charge in [0.1, 0.15) is 37.8 Å². The van der Waals surface area contributed by atoms with Crippen molar-refractivity contribution in [3.63, 3.8) is 0 Å². The molecule has 3 rings (SSSR count). The highest BCUT2D eigenvalue weighted by Gasteiger charge is 2.28.